The lowest BCUT2D eigenvalue weighted by Gasteiger charge is -2.37. The van der Waals surface area contributed by atoms with Crippen LogP contribution in [0.4, 0.5) is 0 Å². The number of hydrogen-bond acceptors (Lipinski definition) is 5. The third kappa shape index (κ3) is 4.77. The Hall–Kier alpha value is -3.80. The van der Waals surface area contributed by atoms with Gasteiger partial charge in [-0.15, -0.1) is 0 Å². The van der Waals surface area contributed by atoms with Crippen molar-refractivity contribution in [1.29, 1.82) is 0 Å². The molecule has 3 aromatic rings. The quantitative estimate of drug-likeness (QED) is 0.229. The number of cyclic esters (lactones) is 1. The van der Waals surface area contributed by atoms with Crippen molar-refractivity contribution in [2.45, 2.75) is 84.7 Å². The fourth-order valence-electron chi connectivity index (χ4n) is 6.11. The predicted molar refractivity (Wildman–Crippen MR) is 151 cm³/mol. The van der Waals surface area contributed by atoms with Crippen LogP contribution >= 0.6 is 0 Å². The van der Waals surface area contributed by atoms with Crippen molar-refractivity contribution in [3.8, 4) is 11.5 Å². The maximum atomic E-state index is 13.7. The Bertz CT molecular complexity index is 1340. The molecule has 0 saturated heterocycles. The first kappa shape index (κ1) is 28.2. The number of carbonyl (C=O) groups excluding carboxylic acids is 1. The summed E-state index contributed by atoms with van der Waals surface area (Å²) in [7, 11) is 0. The van der Waals surface area contributed by atoms with Gasteiger partial charge in [-0.1, -0.05) is 71.6 Å². The van der Waals surface area contributed by atoms with E-state index in [1.165, 1.54) is 12.1 Å². The Morgan fingerprint density at radius 3 is 1.67 bits per heavy atom. The van der Waals surface area contributed by atoms with E-state index in [0.717, 1.165) is 47.9 Å². The van der Waals surface area contributed by atoms with Gasteiger partial charge >= 0.3 is 11.9 Å². The van der Waals surface area contributed by atoms with Crippen molar-refractivity contribution in [1.82, 2.24) is 0 Å². The van der Waals surface area contributed by atoms with Crippen molar-refractivity contribution >= 4 is 11.9 Å². The summed E-state index contributed by atoms with van der Waals surface area (Å²) in [6.45, 7) is 8.23. The number of phenols is 2. The number of aromatic hydroxyl groups is 2. The van der Waals surface area contributed by atoms with E-state index < -0.39 is 17.5 Å². The molecule has 1 aliphatic rings. The summed E-state index contributed by atoms with van der Waals surface area (Å²) in [6, 6.07) is 11.8. The van der Waals surface area contributed by atoms with Crippen LogP contribution in [0.1, 0.15) is 113 Å². The second-order valence-electron chi connectivity index (χ2n) is 10.3. The Kier molecular flexibility index (Phi) is 8.34. The molecule has 6 heteroatoms. The lowest BCUT2D eigenvalue weighted by Crippen LogP contribution is -2.35. The molecule has 4 rings (SSSR count). The largest absolute Gasteiger partial charge is 0.508 e. The zero-order valence-electron chi connectivity index (χ0n) is 23.3. The molecule has 6 nitrogen and oxygen atoms in total. The van der Waals surface area contributed by atoms with Gasteiger partial charge in [0.2, 0.25) is 0 Å². The van der Waals surface area contributed by atoms with Gasteiger partial charge in [-0.25, -0.2) is 9.59 Å². The molecule has 3 aromatic carbocycles. The molecule has 0 atom stereocenters. The van der Waals surface area contributed by atoms with Crippen molar-refractivity contribution in [3.63, 3.8) is 0 Å². The molecule has 0 fully saturated rings. The van der Waals surface area contributed by atoms with Crippen LogP contribution < -0.4 is 0 Å². The maximum Gasteiger partial charge on any atom is 0.340 e. The van der Waals surface area contributed by atoms with Gasteiger partial charge in [0.25, 0.3) is 0 Å². The average molecular weight is 531 g/mol. The highest BCUT2D eigenvalue weighted by atomic mass is 16.6. The standard InChI is InChI=1S/C33H38O6/c1-5-9-20-14-17-27(34)23(11-7-3)29(20)33(26-16-13-22(31(36)37)19-25(26)32(38)39-33)30-21(10-6-2)15-18-28(35)24(30)12-8-4/h13-19,34-35H,5-12H2,1-4H3,(H,36,37). The highest BCUT2D eigenvalue weighted by molar-refractivity contribution is 6.00. The second kappa shape index (κ2) is 11.5. The van der Waals surface area contributed by atoms with Crippen molar-refractivity contribution in [2.75, 3.05) is 0 Å². The predicted octanol–water partition coefficient (Wildman–Crippen LogP) is 7.07. The fourth-order valence-corrected chi connectivity index (χ4v) is 6.11. The molecule has 3 N–H and O–H groups in total. The first-order chi connectivity index (χ1) is 18.7. The molecular formula is C33H38O6. The summed E-state index contributed by atoms with van der Waals surface area (Å²) in [5.41, 5.74) is 4.05. The fraction of sp³-hybridized carbons (Fsp3) is 0.394. The summed E-state index contributed by atoms with van der Waals surface area (Å²) in [4.78, 5) is 25.5. The van der Waals surface area contributed by atoms with Crippen molar-refractivity contribution < 1.29 is 29.6 Å². The van der Waals surface area contributed by atoms with Gasteiger partial charge in [-0.05, 0) is 61.1 Å². The number of hydrogen-bond donors (Lipinski definition) is 3. The number of aryl methyl sites for hydroxylation is 2. The summed E-state index contributed by atoms with van der Waals surface area (Å²) >= 11 is 0. The normalized spacial score (nSPS) is 13.8. The number of ether oxygens (including phenoxy) is 1. The summed E-state index contributed by atoms with van der Waals surface area (Å²) < 4.78 is 6.53. The Labute approximate surface area is 230 Å². The van der Waals surface area contributed by atoms with Crippen LogP contribution in [-0.4, -0.2) is 27.3 Å². The highest BCUT2D eigenvalue weighted by Crippen LogP contribution is 2.54. The molecule has 0 bridgehead atoms. The molecule has 1 heterocycles. The van der Waals surface area contributed by atoms with E-state index in [2.05, 4.69) is 13.8 Å². The van der Waals surface area contributed by atoms with Gasteiger partial charge in [-0.3, -0.25) is 0 Å². The molecule has 0 spiro atoms. The van der Waals surface area contributed by atoms with E-state index in [1.54, 1.807) is 18.2 Å². The average Bonchev–Trinajstić information content (AvgIpc) is 3.20. The number of rotatable bonds is 11. The third-order valence-electron chi connectivity index (χ3n) is 7.60. The molecule has 0 radical (unpaired) electrons. The Morgan fingerprint density at radius 2 is 1.23 bits per heavy atom. The summed E-state index contributed by atoms with van der Waals surface area (Å²) in [5, 5.41) is 32.1. The number of benzene rings is 3. The van der Waals surface area contributed by atoms with E-state index in [0.29, 0.717) is 42.4 Å². The van der Waals surface area contributed by atoms with Crippen LogP contribution in [0.15, 0.2) is 42.5 Å². The summed E-state index contributed by atoms with van der Waals surface area (Å²) in [5.74, 6) is -1.48. The van der Waals surface area contributed by atoms with Crippen LogP contribution in [0.2, 0.25) is 0 Å². The van der Waals surface area contributed by atoms with Crippen LogP contribution in [0.5, 0.6) is 11.5 Å². The maximum absolute atomic E-state index is 13.7. The van der Waals surface area contributed by atoms with E-state index in [1.807, 2.05) is 26.0 Å². The molecule has 0 aliphatic carbocycles. The molecule has 39 heavy (non-hydrogen) atoms. The third-order valence-corrected chi connectivity index (χ3v) is 7.60. The molecule has 206 valence electrons. The molecular weight excluding hydrogens is 492 g/mol. The highest BCUT2D eigenvalue weighted by Gasteiger charge is 2.53. The van der Waals surface area contributed by atoms with Crippen molar-refractivity contribution in [3.05, 3.63) is 92.5 Å². The Balaban J connectivity index is 2.27. The minimum absolute atomic E-state index is 0.00144. The van der Waals surface area contributed by atoms with Crippen molar-refractivity contribution in [2.24, 2.45) is 0 Å². The number of carboxylic acids is 1. The second-order valence-corrected chi connectivity index (χ2v) is 10.3. The topological polar surface area (TPSA) is 104 Å². The molecule has 0 saturated carbocycles. The zero-order chi connectivity index (χ0) is 28.3. The van der Waals surface area contributed by atoms with Gasteiger partial charge in [0, 0.05) is 27.8 Å². The van der Waals surface area contributed by atoms with Crippen LogP contribution in [0.3, 0.4) is 0 Å². The smallest absolute Gasteiger partial charge is 0.340 e. The van der Waals surface area contributed by atoms with E-state index >= 15 is 0 Å². The first-order valence-electron chi connectivity index (χ1n) is 14.0. The van der Waals surface area contributed by atoms with Crippen LogP contribution in [0.25, 0.3) is 0 Å². The lowest BCUT2D eigenvalue weighted by molar-refractivity contribution is 0.0240. The molecule has 0 amide bonds. The molecule has 0 unspecified atom stereocenters. The van der Waals surface area contributed by atoms with Gasteiger partial charge in [-0.2, -0.15) is 0 Å². The van der Waals surface area contributed by atoms with Gasteiger partial charge in [0.05, 0.1) is 11.1 Å². The molecule has 1 aliphatic heterocycles. The number of carboxylic acid groups (broad SMARTS) is 1. The van der Waals surface area contributed by atoms with E-state index in [-0.39, 0.29) is 22.6 Å². The van der Waals surface area contributed by atoms with Gasteiger partial charge in [0.1, 0.15) is 11.5 Å². The minimum atomic E-state index is -1.45. The number of esters is 1. The van der Waals surface area contributed by atoms with E-state index in [4.69, 9.17) is 4.74 Å². The number of carbonyl (C=O) groups is 2. The number of fused-ring (bicyclic) bond motifs is 1. The van der Waals surface area contributed by atoms with Gasteiger partial charge in [0.15, 0.2) is 5.60 Å². The molecule has 0 aromatic heterocycles. The van der Waals surface area contributed by atoms with Gasteiger partial charge < -0.3 is 20.1 Å². The number of aromatic carboxylic acids is 1. The van der Waals surface area contributed by atoms with Crippen LogP contribution in [-0.2, 0) is 36.0 Å². The van der Waals surface area contributed by atoms with Crippen LogP contribution in [0, 0.1) is 0 Å². The summed E-state index contributed by atoms with van der Waals surface area (Å²) in [6.07, 6.45) is 5.70. The van der Waals surface area contributed by atoms with E-state index in [9.17, 15) is 24.9 Å². The first-order valence-corrected chi connectivity index (χ1v) is 14.0. The zero-order valence-corrected chi connectivity index (χ0v) is 23.3. The lowest BCUT2D eigenvalue weighted by atomic mass is 9.70. The SMILES string of the molecule is CCCc1ccc(O)c(CCC)c1C1(c2c(CCC)ccc(O)c2CCC)OC(=O)c2cc(C(=O)O)ccc21. The Morgan fingerprint density at radius 1 is 0.744 bits per heavy atom. The number of phenolic OH excluding ortho intramolecular Hbond substituents is 2. The minimum Gasteiger partial charge on any atom is -0.508 e. The monoisotopic (exact) mass is 530 g/mol.